The van der Waals surface area contributed by atoms with Gasteiger partial charge >= 0.3 is 0 Å². The summed E-state index contributed by atoms with van der Waals surface area (Å²) < 4.78 is 11.7. The van der Waals surface area contributed by atoms with Crippen molar-refractivity contribution >= 4 is 29.3 Å². The van der Waals surface area contributed by atoms with Crippen LogP contribution in [0.3, 0.4) is 0 Å². The van der Waals surface area contributed by atoms with Crippen LogP contribution in [0.5, 0.6) is 11.5 Å². The zero-order valence-electron chi connectivity index (χ0n) is 20.2. The van der Waals surface area contributed by atoms with Crippen LogP contribution in [0.1, 0.15) is 42.9 Å². The number of anilines is 1. The van der Waals surface area contributed by atoms with Crippen molar-refractivity contribution in [2.75, 3.05) is 18.5 Å². The zero-order valence-corrected chi connectivity index (χ0v) is 20.9. The van der Waals surface area contributed by atoms with Crippen LogP contribution in [0.15, 0.2) is 72.3 Å². The fraction of sp³-hybridized carbons (Fsp3) is 0.241. The number of carbonyl (C=O) groups excluding carboxylic acids is 1. The molecular formula is C29H29ClN2O3. The van der Waals surface area contributed by atoms with Crippen LogP contribution < -0.4 is 14.8 Å². The standard InChI is InChI=1S/C29H29ClN2O3/c1-4-21(3)22-7-12-27(13-8-22)34-15-16-35-28-14-9-25(30)18-23(28)17-24(19-31)29(33)32-26-10-5-20(2)6-11-26/h5-14,17-18,21H,4,15-16H2,1-3H3,(H,32,33)/b24-17+/t21-/m0/s1. The van der Waals surface area contributed by atoms with Crippen molar-refractivity contribution in [3.8, 4) is 17.6 Å². The number of nitrogens with one attached hydrogen (secondary N) is 1. The molecule has 0 heterocycles. The number of rotatable bonds is 10. The molecule has 0 fully saturated rings. The SMILES string of the molecule is CC[C@H](C)c1ccc(OCCOc2ccc(Cl)cc2/C=C(\C#N)C(=O)Nc2ccc(C)cc2)cc1. The maximum absolute atomic E-state index is 12.6. The summed E-state index contributed by atoms with van der Waals surface area (Å²) in [4.78, 5) is 12.6. The van der Waals surface area contributed by atoms with Crippen molar-refractivity contribution in [3.05, 3.63) is 94.0 Å². The first kappa shape index (κ1) is 25.9. The number of aryl methyl sites for hydroxylation is 1. The van der Waals surface area contributed by atoms with E-state index in [1.54, 1.807) is 30.3 Å². The molecule has 3 aromatic carbocycles. The predicted molar refractivity (Wildman–Crippen MR) is 141 cm³/mol. The van der Waals surface area contributed by atoms with E-state index >= 15 is 0 Å². The van der Waals surface area contributed by atoms with Crippen molar-refractivity contribution in [2.45, 2.75) is 33.1 Å². The van der Waals surface area contributed by atoms with Crippen molar-refractivity contribution in [2.24, 2.45) is 0 Å². The summed E-state index contributed by atoms with van der Waals surface area (Å²) in [7, 11) is 0. The van der Waals surface area contributed by atoms with Gasteiger partial charge in [0, 0.05) is 16.3 Å². The molecule has 3 aromatic rings. The van der Waals surface area contributed by atoms with Crippen molar-refractivity contribution in [1.29, 1.82) is 5.26 Å². The Kier molecular flexibility index (Phi) is 9.34. The van der Waals surface area contributed by atoms with Gasteiger partial charge in [-0.2, -0.15) is 5.26 Å². The van der Waals surface area contributed by atoms with E-state index in [2.05, 4.69) is 31.3 Å². The quantitative estimate of drug-likeness (QED) is 0.186. The molecule has 6 heteroatoms. The molecule has 0 aliphatic carbocycles. The third-order valence-corrected chi connectivity index (χ3v) is 5.85. The first-order chi connectivity index (χ1) is 16.9. The van der Waals surface area contributed by atoms with E-state index in [0.29, 0.717) is 34.5 Å². The minimum atomic E-state index is -0.508. The second-order valence-electron chi connectivity index (χ2n) is 8.25. The monoisotopic (exact) mass is 488 g/mol. The highest BCUT2D eigenvalue weighted by atomic mass is 35.5. The van der Waals surface area contributed by atoms with Gasteiger partial charge in [-0.25, -0.2) is 0 Å². The van der Waals surface area contributed by atoms with E-state index in [1.165, 1.54) is 11.6 Å². The second kappa shape index (κ2) is 12.6. The maximum Gasteiger partial charge on any atom is 0.266 e. The largest absolute Gasteiger partial charge is 0.490 e. The number of carbonyl (C=O) groups is 1. The van der Waals surface area contributed by atoms with E-state index in [4.69, 9.17) is 21.1 Å². The highest BCUT2D eigenvalue weighted by molar-refractivity contribution is 6.30. The first-order valence-electron chi connectivity index (χ1n) is 11.5. The van der Waals surface area contributed by atoms with Gasteiger partial charge in [0.05, 0.1) is 0 Å². The molecule has 0 aromatic heterocycles. The van der Waals surface area contributed by atoms with Crippen LogP contribution in [0.4, 0.5) is 5.69 Å². The molecule has 0 saturated carbocycles. The summed E-state index contributed by atoms with van der Waals surface area (Å²) in [6.45, 7) is 6.95. The number of nitriles is 1. The lowest BCUT2D eigenvalue weighted by molar-refractivity contribution is -0.112. The van der Waals surface area contributed by atoms with Crippen LogP contribution in [-0.2, 0) is 4.79 Å². The smallest absolute Gasteiger partial charge is 0.266 e. The number of amides is 1. The molecule has 0 spiro atoms. The van der Waals surface area contributed by atoms with Crippen LogP contribution in [0.25, 0.3) is 6.08 Å². The zero-order chi connectivity index (χ0) is 25.2. The normalized spacial score (nSPS) is 11.9. The minimum Gasteiger partial charge on any atom is -0.490 e. The number of nitrogens with zero attached hydrogens (tertiary/aromatic N) is 1. The molecule has 1 N–H and O–H groups in total. The van der Waals surface area contributed by atoms with Gasteiger partial charge in [0.15, 0.2) is 0 Å². The van der Waals surface area contributed by atoms with Gasteiger partial charge in [-0.3, -0.25) is 4.79 Å². The molecule has 1 amide bonds. The van der Waals surface area contributed by atoms with E-state index in [0.717, 1.165) is 17.7 Å². The Balaban J connectivity index is 1.64. The highest BCUT2D eigenvalue weighted by Gasteiger charge is 2.12. The molecule has 0 saturated heterocycles. The Morgan fingerprint density at radius 3 is 2.40 bits per heavy atom. The number of halogens is 1. The van der Waals surface area contributed by atoms with Crippen LogP contribution in [0, 0.1) is 18.3 Å². The van der Waals surface area contributed by atoms with Crippen molar-refractivity contribution < 1.29 is 14.3 Å². The summed E-state index contributed by atoms with van der Waals surface area (Å²) in [5, 5.41) is 12.8. The Hall–Kier alpha value is -3.75. The van der Waals surface area contributed by atoms with Gasteiger partial charge in [-0.05, 0) is 73.4 Å². The summed E-state index contributed by atoms with van der Waals surface area (Å²) in [5.41, 5.74) is 3.44. The van der Waals surface area contributed by atoms with Gasteiger partial charge < -0.3 is 14.8 Å². The highest BCUT2D eigenvalue weighted by Crippen LogP contribution is 2.26. The van der Waals surface area contributed by atoms with Gasteiger partial charge in [0.1, 0.15) is 36.4 Å². The molecule has 0 unspecified atom stereocenters. The van der Waals surface area contributed by atoms with Gasteiger partial charge in [0.2, 0.25) is 0 Å². The lowest BCUT2D eigenvalue weighted by Crippen LogP contribution is -2.13. The predicted octanol–water partition coefficient (Wildman–Crippen LogP) is 7.17. The molecule has 0 aliphatic rings. The van der Waals surface area contributed by atoms with Gasteiger partial charge in [-0.1, -0.05) is 55.3 Å². The topological polar surface area (TPSA) is 71.3 Å². The van der Waals surface area contributed by atoms with Crippen LogP contribution >= 0.6 is 11.6 Å². The second-order valence-corrected chi connectivity index (χ2v) is 8.68. The molecule has 35 heavy (non-hydrogen) atoms. The first-order valence-corrected chi connectivity index (χ1v) is 11.9. The number of hydrogen-bond acceptors (Lipinski definition) is 4. The fourth-order valence-electron chi connectivity index (χ4n) is 3.34. The van der Waals surface area contributed by atoms with Gasteiger partial charge in [-0.15, -0.1) is 0 Å². The maximum atomic E-state index is 12.6. The molecule has 0 aliphatic heterocycles. The van der Waals surface area contributed by atoms with Gasteiger partial charge in [0.25, 0.3) is 5.91 Å². The number of hydrogen-bond donors (Lipinski definition) is 1. The lowest BCUT2D eigenvalue weighted by Gasteiger charge is -2.13. The summed E-state index contributed by atoms with van der Waals surface area (Å²) >= 11 is 6.16. The minimum absolute atomic E-state index is 0.0599. The summed E-state index contributed by atoms with van der Waals surface area (Å²) in [6, 6.07) is 22.4. The van der Waals surface area contributed by atoms with E-state index in [-0.39, 0.29) is 12.2 Å². The van der Waals surface area contributed by atoms with E-state index in [9.17, 15) is 10.1 Å². The van der Waals surface area contributed by atoms with Crippen molar-refractivity contribution in [3.63, 3.8) is 0 Å². The van der Waals surface area contributed by atoms with Crippen molar-refractivity contribution in [1.82, 2.24) is 0 Å². The number of benzene rings is 3. The Labute approximate surface area is 212 Å². The molecule has 0 bridgehead atoms. The number of ether oxygens (including phenoxy) is 2. The molecule has 180 valence electrons. The Morgan fingerprint density at radius 2 is 1.74 bits per heavy atom. The third-order valence-electron chi connectivity index (χ3n) is 5.62. The van der Waals surface area contributed by atoms with E-state index < -0.39 is 5.91 Å². The van der Waals surface area contributed by atoms with Crippen LogP contribution in [-0.4, -0.2) is 19.1 Å². The average Bonchev–Trinajstić information content (AvgIpc) is 2.87. The fourth-order valence-corrected chi connectivity index (χ4v) is 3.52. The Bertz CT molecular complexity index is 1210. The molecule has 5 nitrogen and oxygen atoms in total. The third kappa shape index (κ3) is 7.63. The molecular weight excluding hydrogens is 460 g/mol. The van der Waals surface area contributed by atoms with E-state index in [1.807, 2.05) is 37.3 Å². The molecule has 3 rings (SSSR count). The summed E-state index contributed by atoms with van der Waals surface area (Å²) in [5.74, 6) is 1.28. The van der Waals surface area contributed by atoms with Crippen LogP contribution in [0.2, 0.25) is 5.02 Å². The summed E-state index contributed by atoms with van der Waals surface area (Å²) in [6.07, 6.45) is 2.56. The molecule has 0 radical (unpaired) electrons. The Morgan fingerprint density at radius 1 is 1.06 bits per heavy atom. The molecule has 1 atom stereocenters. The average molecular weight is 489 g/mol. The lowest BCUT2D eigenvalue weighted by atomic mass is 9.99.